The van der Waals surface area contributed by atoms with E-state index >= 15 is 0 Å². The average Bonchev–Trinajstić information content (AvgIpc) is 2.47. The third-order valence-electron chi connectivity index (χ3n) is 1.47. The van der Waals surface area contributed by atoms with Crippen molar-refractivity contribution in [2.45, 2.75) is 6.92 Å². The molecule has 0 unspecified atom stereocenters. The number of hydrogen-bond donors (Lipinski definition) is 3. The number of aryl methyl sites for hydroxylation is 1. The van der Waals surface area contributed by atoms with Crippen LogP contribution < -0.4 is 5.32 Å². The zero-order valence-electron chi connectivity index (χ0n) is 6.79. The molecule has 0 aliphatic heterocycles. The first-order chi connectivity index (χ1) is 5.75. The first kappa shape index (κ1) is 9.12. The highest BCUT2D eigenvalue weighted by atomic mass is 32.1. The minimum Gasteiger partial charge on any atom is -0.351 e. The van der Waals surface area contributed by atoms with Gasteiger partial charge in [0, 0.05) is 18.0 Å². The molecule has 0 saturated heterocycles. The summed E-state index contributed by atoms with van der Waals surface area (Å²) in [5.41, 5.74) is 1.38. The number of thiol groups is 1. The molecule has 0 aliphatic rings. The second-order valence-corrected chi connectivity index (χ2v) is 2.84. The number of carbonyl (C=O) groups excluding carboxylic acids is 1. The smallest absolute Gasteiger partial charge is 0.254 e. The summed E-state index contributed by atoms with van der Waals surface area (Å²) in [6.45, 7) is 2.38. The van der Waals surface area contributed by atoms with Gasteiger partial charge >= 0.3 is 0 Å². The lowest BCUT2D eigenvalue weighted by molar-refractivity contribution is 0.0955. The molecule has 0 bridgehead atoms. The van der Waals surface area contributed by atoms with Crippen molar-refractivity contribution in [3.05, 3.63) is 17.5 Å². The van der Waals surface area contributed by atoms with Gasteiger partial charge in [0.25, 0.3) is 5.91 Å². The highest BCUT2D eigenvalue weighted by molar-refractivity contribution is 7.80. The number of aromatic nitrogens is 2. The Kier molecular flexibility index (Phi) is 3.16. The zero-order valence-corrected chi connectivity index (χ0v) is 7.69. The molecule has 2 N–H and O–H groups in total. The summed E-state index contributed by atoms with van der Waals surface area (Å²) in [5, 5.41) is 9.14. The summed E-state index contributed by atoms with van der Waals surface area (Å²) >= 11 is 3.98. The Hall–Kier alpha value is -0.970. The molecule has 0 radical (unpaired) electrons. The van der Waals surface area contributed by atoms with Gasteiger partial charge in [-0.1, -0.05) is 0 Å². The van der Waals surface area contributed by atoms with Crippen molar-refractivity contribution < 1.29 is 4.79 Å². The van der Waals surface area contributed by atoms with Gasteiger partial charge in [-0.05, 0) is 6.92 Å². The Morgan fingerprint density at radius 3 is 3.08 bits per heavy atom. The highest BCUT2D eigenvalue weighted by Crippen LogP contribution is 2.01. The van der Waals surface area contributed by atoms with Crippen molar-refractivity contribution in [3.8, 4) is 0 Å². The molecule has 66 valence electrons. The number of hydrogen-bond acceptors (Lipinski definition) is 3. The lowest BCUT2D eigenvalue weighted by atomic mass is 10.2. The summed E-state index contributed by atoms with van der Waals surface area (Å²) in [6, 6.07) is 0. The van der Waals surface area contributed by atoms with E-state index < -0.39 is 0 Å². The third-order valence-corrected chi connectivity index (χ3v) is 1.70. The van der Waals surface area contributed by atoms with Crippen molar-refractivity contribution in [1.82, 2.24) is 15.5 Å². The Labute approximate surface area is 76.2 Å². The summed E-state index contributed by atoms with van der Waals surface area (Å²) in [4.78, 5) is 11.3. The average molecular weight is 185 g/mol. The summed E-state index contributed by atoms with van der Waals surface area (Å²) in [6.07, 6.45) is 1.52. The van der Waals surface area contributed by atoms with Crippen LogP contribution in [-0.2, 0) is 0 Å². The Morgan fingerprint density at radius 1 is 1.83 bits per heavy atom. The van der Waals surface area contributed by atoms with Crippen LogP contribution in [0.25, 0.3) is 0 Å². The van der Waals surface area contributed by atoms with Gasteiger partial charge in [-0.25, -0.2) is 0 Å². The van der Waals surface area contributed by atoms with Gasteiger partial charge in [0.2, 0.25) is 0 Å². The van der Waals surface area contributed by atoms with Crippen LogP contribution >= 0.6 is 12.6 Å². The Bertz CT molecular complexity index is 271. The molecule has 0 atom stereocenters. The van der Waals surface area contributed by atoms with Crippen LogP contribution in [0.2, 0.25) is 0 Å². The second kappa shape index (κ2) is 4.15. The summed E-state index contributed by atoms with van der Waals surface area (Å²) in [7, 11) is 0. The van der Waals surface area contributed by atoms with E-state index in [2.05, 4.69) is 28.1 Å². The van der Waals surface area contributed by atoms with Gasteiger partial charge in [-0.3, -0.25) is 9.89 Å². The second-order valence-electron chi connectivity index (χ2n) is 2.39. The first-order valence-electron chi connectivity index (χ1n) is 3.64. The van der Waals surface area contributed by atoms with E-state index in [1.807, 2.05) is 6.92 Å². The number of amides is 1. The van der Waals surface area contributed by atoms with E-state index in [9.17, 15) is 4.79 Å². The van der Waals surface area contributed by atoms with E-state index in [0.717, 1.165) is 5.69 Å². The summed E-state index contributed by atoms with van der Waals surface area (Å²) in [5.74, 6) is 0.540. The quantitative estimate of drug-likeness (QED) is 0.596. The predicted molar refractivity (Wildman–Crippen MR) is 49.5 cm³/mol. The molecule has 0 aromatic carbocycles. The fourth-order valence-electron chi connectivity index (χ4n) is 0.844. The SMILES string of the molecule is Cc1[nH]ncc1C(=O)NCCS. The molecule has 0 saturated carbocycles. The number of carbonyl (C=O) groups is 1. The topological polar surface area (TPSA) is 57.8 Å². The van der Waals surface area contributed by atoms with Crippen molar-refractivity contribution in [2.24, 2.45) is 0 Å². The van der Waals surface area contributed by atoms with E-state index in [-0.39, 0.29) is 5.91 Å². The van der Waals surface area contributed by atoms with Crippen LogP contribution in [0.15, 0.2) is 6.20 Å². The van der Waals surface area contributed by atoms with Crippen molar-refractivity contribution >= 4 is 18.5 Å². The third kappa shape index (κ3) is 2.01. The number of rotatable bonds is 3. The van der Waals surface area contributed by atoms with Gasteiger partial charge in [0.05, 0.1) is 11.8 Å². The monoisotopic (exact) mass is 185 g/mol. The number of nitrogens with zero attached hydrogens (tertiary/aromatic N) is 1. The molecule has 5 heteroatoms. The molecule has 12 heavy (non-hydrogen) atoms. The fourth-order valence-corrected chi connectivity index (χ4v) is 0.956. The fraction of sp³-hybridized carbons (Fsp3) is 0.429. The maximum Gasteiger partial charge on any atom is 0.254 e. The Morgan fingerprint density at radius 2 is 2.58 bits per heavy atom. The molecule has 0 spiro atoms. The van der Waals surface area contributed by atoms with Crippen LogP contribution in [0, 0.1) is 6.92 Å². The summed E-state index contributed by atoms with van der Waals surface area (Å²) < 4.78 is 0. The van der Waals surface area contributed by atoms with Gasteiger partial charge in [0.1, 0.15) is 0 Å². The predicted octanol–water partition coefficient (Wildman–Crippen LogP) is 0.378. The molecule has 4 nitrogen and oxygen atoms in total. The van der Waals surface area contributed by atoms with Crippen LogP contribution in [0.4, 0.5) is 0 Å². The number of H-pyrrole nitrogens is 1. The van der Waals surface area contributed by atoms with Crippen molar-refractivity contribution in [2.75, 3.05) is 12.3 Å². The maximum atomic E-state index is 11.3. The lowest BCUT2D eigenvalue weighted by Crippen LogP contribution is -2.25. The van der Waals surface area contributed by atoms with E-state index in [1.54, 1.807) is 0 Å². The van der Waals surface area contributed by atoms with Crippen molar-refractivity contribution in [3.63, 3.8) is 0 Å². The van der Waals surface area contributed by atoms with Gasteiger partial charge < -0.3 is 5.32 Å². The molecule has 1 amide bonds. The molecular weight excluding hydrogens is 174 g/mol. The molecule has 0 fully saturated rings. The van der Waals surface area contributed by atoms with Crippen LogP contribution in [-0.4, -0.2) is 28.4 Å². The minimum atomic E-state index is -0.102. The van der Waals surface area contributed by atoms with Crippen LogP contribution in [0.1, 0.15) is 16.1 Å². The lowest BCUT2D eigenvalue weighted by Gasteiger charge is -2.00. The molecule has 1 aromatic heterocycles. The normalized spacial score (nSPS) is 9.83. The number of nitrogens with one attached hydrogen (secondary N) is 2. The molecule has 0 aliphatic carbocycles. The van der Waals surface area contributed by atoms with E-state index in [0.29, 0.717) is 17.9 Å². The zero-order chi connectivity index (χ0) is 8.97. The Balaban J connectivity index is 2.59. The van der Waals surface area contributed by atoms with Gasteiger partial charge in [-0.2, -0.15) is 17.7 Å². The highest BCUT2D eigenvalue weighted by Gasteiger charge is 2.08. The van der Waals surface area contributed by atoms with E-state index in [1.165, 1.54) is 6.20 Å². The van der Waals surface area contributed by atoms with Crippen LogP contribution in [0.3, 0.4) is 0 Å². The van der Waals surface area contributed by atoms with Gasteiger partial charge in [-0.15, -0.1) is 0 Å². The largest absolute Gasteiger partial charge is 0.351 e. The van der Waals surface area contributed by atoms with Gasteiger partial charge in [0.15, 0.2) is 0 Å². The molecular formula is C7H11N3OS. The molecule has 1 rings (SSSR count). The standard InChI is InChI=1S/C7H11N3OS/c1-5-6(4-9-10-5)7(11)8-2-3-12/h4,12H,2-3H2,1H3,(H,8,11)(H,9,10). The number of aromatic amines is 1. The minimum absolute atomic E-state index is 0.102. The van der Waals surface area contributed by atoms with Crippen molar-refractivity contribution in [1.29, 1.82) is 0 Å². The van der Waals surface area contributed by atoms with Crippen LogP contribution in [0.5, 0.6) is 0 Å². The first-order valence-corrected chi connectivity index (χ1v) is 4.28. The molecule has 1 aromatic rings. The van der Waals surface area contributed by atoms with E-state index in [4.69, 9.17) is 0 Å². The maximum absolute atomic E-state index is 11.3. The molecule has 1 heterocycles.